The number of nitro groups is 1. The molecule has 1 aromatic rings. The maximum Gasteiger partial charge on any atom is 0.285 e. The van der Waals surface area contributed by atoms with Gasteiger partial charge in [-0.15, -0.1) is 0 Å². The standard InChI is InChI=1S/C9H7N3O3/c1-6-3-2-4-7(8(6)12(14)15)9(13)11-5-10/h2-4H,1H3,(H,11,13). The van der Waals surface area contributed by atoms with E-state index in [-0.39, 0.29) is 11.3 Å². The Morgan fingerprint density at radius 2 is 2.27 bits per heavy atom. The van der Waals surface area contributed by atoms with E-state index in [0.717, 1.165) is 0 Å². The Labute approximate surface area is 85.3 Å². The van der Waals surface area contributed by atoms with E-state index in [1.807, 2.05) is 5.32 Å². The smallest absolute Gasteiger partial charge is 0.268 e. The normalized spacial score (nSPS) is 9.07. The van der Waals surface area contributed by atoms with Gasteiger partial charge in [-0.3, -0.25) is 20.2 Å². The fourth-order valence-electron chi connectivity index (χ4n) is 1.20. The summed E-state index contributed by atoms with van der Waals surface area (Å²) in [5.74, 6) is -0.770. The van der Waals surface area contributed by atoms with Crippen molar-refractivity contribution in [2.24, 2.45) is 0 Å². The highest BCUT2D eigenvalue weighted by Gasteiger charge is 2.21. The van der Waals surface area contributed by atoms with Gasteiger partial charge in [0.1, 0.15) is 5.56 Å². The molecular weight excluding hydrogens is 198 g/mol. The lowest BCUT2D eigenvalue weighted by atomic mass is 10.1. The predicted octanol–water partition coefficient (Wildman–Crippen LogP) is 1.11. The topological polar surface area (TPSA) is 96.0 Å². The molecule has 0 heterocycles. The fraction of sp³-hybridized carbons (Fsp3) is 0.111. The number of benzene rings is 1. The SMILES string of the molecule is Cc1cccc(C(=O)NC#N)c1[N+](=O)[O-]. The molecule has 0 aliphatic rings. The monoisotopic (exact) mass is 205 g/mol. The number of hydrogen-bond donors (Lipinski definition) is 1. The highest BCUT2D eigenvalue weighted by molar-refractivity contribution is 5.99. The van der Waals surface area contributed by atoms with E-state index in [4.69, 9.17) is 5.26 Å². The maximum absolute atomic E-state index is 11.3. The van der Waals surface area contributed by atoms with Crippen LogP contribution in [0.15, 0.2) is 18.2 Å². The molecule has 6 heteroatoms. The number of nitrogens with zero attached hydrogens (tertiary/aromatic N) is 2. The van der Waals surface area contributed by atoms with Gasteiger partial charge < -0.3 is 0 Å². The molecule has 0 bridgehead atoms. The molecule has 0 unspecified atom stereocenters. The van der Waals surface area contributed by atoms with Crippen LogP contribution in [0.1, 0.15) is 15.9 Å². The summed E-state index contributed by atoms with van der Waals surface area (Å²) in [4.78, 5) is 21.3. The van der Waals surface area contributed by atoms with Crippen molar-refractivity contribution in [3.8, 4) is 6.19 Å². The number of amides is 1. The van der Waals surface area contributed by atoms with Gasteiger partial charge in [-0.25, -0.2) is 0 Å². The summed E-state index contributed by atoms with van der Waals surface area (Å²) in [5.41, 5.74) is -0.00242. The Kier molecular flexibility index (Phi) is 2.98. The molecule has 0 saturated carbocycles. The minimum absolute atomic E-state index is 0.110. The van der Waals surface area contributed by atoms with Crippen molar-refractivity contribution < 1.29 is 9.72 Å². The lowest BCUT2D eigenvalue weighted by Gasteiger charge is -2.02. The van der Waals surface area contributed by atoms with Crippen LogP contribution in [-0.4, -0.2) is 10.8 Å². The summed E-state index contributed by atoms with van der Waals surface area (Å²) in [6, 6.07) is 4.35. The van der Waals surface area contributed by atoms with Crippen LogP contribution in [0.4, 0.5) is 5.69 Å². The highest BCUT2D eigenvalue weighted by Crippen LogP contribution is 2.22. The summed E-state index contributed by atoms with van der Waals surface area (Å²) in [7, 11) is 0. The average molecular weight is 205 g/mol. The Balaban J connectivity index is 3.30. The van der Waals surface area contributed by atoms with E-state index in [2.05, 4.69) is 0 Å². The lowest BCUT2D eigenvalue weighted by Crippen LogP contribution is -2.19. The van der Waals surface area contributed by atoms with Crippen LogP contribution in [0.5, 0.6) is 0 Å². The number of nitro benzene ring substituents is 1. The second-order valence-corrected chi connectivity index (χ2v) is 2.79. The molecule has 0 radical (unpaired) electrons. The first-order valence-electron chi connectivity index (χ1n) is 4.01. The molecule has 0 aliphatic heterocycles. The van der Waals surface area contributed by atoms with Gasteiger partial charge in [0.25, 0.3) is 11.6 Å². The van der Waals surface area contributed by atoms with Gasteiger partial charge in [-0.2, -0.15) is 5.26 Å². The zero-order valence-corrected chi connectivity index (χ0v) is 7.85. The third kappa shape index (κ3) is 2.08. The Hall–Kier alpha value is -2.42. The van der Waals surface area contributed by atoms with Crippen LogP contribution in [0.2, 0.25) is 0 Å². The largest absolute Gasteiger partial charge is 0.285 e. The first-order valence-corrected chi connectivity index (χ1v) is 4.01. The van der Waals surface area contributed by atoms with Crippen molar-refractivity contribution in [1.29, 1.82) is 5.26 Å². The molecule has 1 amide bonds. The van der Waals surface area contributed by atoms with E-state index in [1.54, 1.807) is 0 Å². The van der Waals surface area contributed by atoms with Crippen LogP contribution in [0.25, 0.3) is 0 Å². The first kappa shape index (κ1) is 10.7. The lowest BCUT2D eigenvalue weighted by molar-refractivity contribution is -0.385. The predicted molar refractivity (Wildman–Crippen MR) is 50.9 cm³/mol. The third-order valence-corrected chi connectivity index (χ3v) is 1.83. The Morgan fingerprint density at radius 3 is 2.80 bits per heavy atom. The van der Waals surface area contributed by atoms with Gasteiger partial charge in [-0.1, -0.05) is 12.1 Å². The van der Waals surface area contributed by atoms with E-state index in [9.17, 15) is 14.9 Å². The molecule has 0 fully saturated rings. The van der Waals surface area contributed by atoms with Crippen LogP contribution < -0.4 is 5.32 Å². The Bertz CT molecular complexity index is 462. The summed E-state index contributed by atoms with van der Waals surface area (Å²) >= 11 is 0. The van der Waals surface area contributed by atoms with Crippen LogP contribution in [-0.2, 0) is 0 Å². The zero-order valence-electron chi connectivity index (χ0n) is 7.85. The number of nitriles is 1. The van der Waals surface area contributed by atoms with Gasteiger partial charge in [0.15, 0.2) is 6.19 Å². The van der Waals surface area contributed by atoms with Crippen molar-refractivity contribution in [2.45, 2.75) is 6.92 Å². The molecule has 0 spiro atoms. The van der Waals surface area contributed by atoms with E-state index < -0.39 is 10.8 Å². The van der Waals surface area contributed by atoms with Gasteiger partial charge in [-0.05, 0) is 13.0 Å². The van der Waals surface area contributed by atoms with Crippen molar-refractivity contribution in [3.63, 3.8) is 0 Å². The molecule has 0 aromatic heterocycles. The third-order valence-electron chi connectivity index (χ3n) is 1.83. The minimum atomic E-state index is -0.770. The molecule has 0 atom stereocenters. The van der Waals surface area contributed by atoms with E-state index >= 15 is 0 Å². The fourth-order valence-corrected chi connectivity index (χ4v) is 1.20. The van der Waals surface area contributed by atoms with E-state index in [1.165, 1.54) is 31.3 Å². The molecule has 1 aromatic carbocycles. The zero-order chi connectivity index (χ0) is 11.4. The minimum Gasteiger partial charge on any atom is -0.268 e. The molecule has 0 saturated heterocycles. The van der Waals surface area contributed by atoms with Gasteiger partial charge in [0.05, 0.1) is 4.92 Å². The maximum atomic E-state index is 11.3. The highest BCUT2D eigenvalue weighted by atomic mass is 16.6. The molecular formula is C9H7N3O3. The summed E-state index contributed by atoms with van der Waals surface area (Å²) in [5, 5.41) is 20.8. The average Bonchev–Trinajstić information content (AvgIpc) is 2.17. The number of carbonyl (C=O) groups excluding carboxylic acids is 1. The molecule has 1 N–H and O–H groups in total. The molecule has 76 valence electrons. The molecule has 6 nitrogen and oxygen atoms in total. The number of nitrogens with one attached hydrogen (secondary N) is 1. The molecule has 0 aliphatic carbocycles. The van der Waals surface area contributed by atoms with Crippen LogP contribution in [0.3, 0.4) is 0 Å². The van der Waals surface area contributed by atoms with Crippen molar-refractivity contribution >= 4 is 11.6 Å². The number of aryl methyl sites for hydroxylation is 1. The van der Waals surface area contributed by atoms with Gasteiger partial charge in [0.2, 0.25) is 0 Å². The number of carbonyl (C=O) groups is 1. The number of hydrogen-bond acceptors (Lipinski definition) is 4. The van der Waals surface area contributed by atoms with Gasteiger partial charge in [0, 0.05) is 5.56 Å². The molecule has 1 rings (SSSR count). The summed E-state index contributed by atoms with van der Waals surface area (Å²) in [6.07, 6.45) is 1.43. The summed E-state index contributed by atoms with van der Waals surface area (Å²) < 4.78 is 0. The second kappa shape index (κ2) is 4.19. The van der Waals surface area contributed by atoms with Crippen LogP contribution in [0, 0.1) is 28.5 Å². The van der Waals surface area contributed by atoms with Crippen molar-refractivity contribution in [2.75, 3.05) is 0 Å². The van der Waals surface area contributed by atoms with Crippen LogP contribution >= 0.6 is 0 Å². The molecule has 15 heavy (non-hydrogen) atoms. The van der Waals surface area contributed by atoms with Crippen molar-refractivity contribution in [3.05, 3.63) is 39.4 Å². The second-order valence-electron chi connectivity index (χ2n) is 2.79. The van der Waals surface area contributed by atoms with E-state index in [0.29, 0.717) is 5.56 Å². The first-order chi connectivity index (χ1) is 7.07. The number of para-hydroxylation sites is 1. The van der Waals surface area contributed by atoms with Crippen molar-refractivity contribution in [1.82, 2.24) is 5.32 Å². The Morgan fingerprint density at radius 1 is 1.60 bits per heavy atom. The van der Waals surface area contributed by atoms with Gasteiger partial charge >= 0.3 is 0 Å². The summed E-state index contributed by atoms with van der Waals surface area (Å²) in [6.45, 7) is 1.53. The number of rotatable bonds is 2. The quantitative estimate of drug-likeness (QED) is 0.338.